The van der Waals surface area contributed by atoms with Gasteiger partial charge in [-0.2, -0.15) is 0 Å². The van der Waals surface area contributed by atoms with Crippen LogP contribution in [0.2, 0.25) is 0 Å². The molecule has 4 aromatic rings. The molecule has 3 heterocycles. The zero-order valence-electron chi connectivity index (χ0n) is 15.0. The van der Waals surface area contributed by atoms with E-state index < -0.39 is 0 Å². The molecule has 0 saturated heterocycles. The van der Waals surface area contributed by atoms with Gasteiger partial charge < -0.3 is 9.88 Å². The van der Waals surface area contributed by atoms with E-state index in [4.69, 9.17) is 0 Å². The van der Waals surface area contributed by atoms with E-state index in [0.29, 0.717) is 12.2 Å². The topological polar surface area (TPSA) is 49.0 Å². The molecule has 1 N–H and O–H groups in total. The van der Waals surface area contributed by atoms with Gasteiger partial charge in [-0.1, -0.05) is 48.0 Å². The molecule has 27 heavy (non-hydrogen) atoms. The third-order valence-electron chi connectivity index (χ3n) is 5.19. The van der Waals surface area contributed by atoms with Gasteiger partial charge in [-0.25, -0.2) is 4.98 Å². The van der Waals surface area contributed by atoms with Crippen molar-refractivity contribution in [1.29, 1.82) is 0 Å². The van der Waals surface area contributed by atoms with Gasteiger partial charge >= 0.3 is 0 Å². The van der Waals surface area contributed by atoms with Crippen molar-refractivity contribution in [3.63, 3.8) is 0 Å². The zero-order valence-corrected chi connectivity index (χ0v) is 15.8. The first kappa shape index (κ1) is 16.3. The maximum absolute atomic E-state index is 13.0. The zero-order chi connectivity index (χ0) is 18.4. The van der Waals surface area contributed by atoms with Gasteiger partial charge in [-0.05, 0) is 13.0 Å². The van der Waals surface area contributed by atoms with Crippen LogP contribution in [0.3, 0.4) is 0 Å². The first-order valence-corrected chi connectivity index (χ1v) is 9.97. The lowest BCUT2D eigenvalue weighted by Crippen LogP contribution is -2.36. The molecule has 2 aromatic heterocycles. The van der Waals surface area contributed by atoms with Crippen molar-refractivity contribution < 1.29 is 4.79 Å². The van der Waals surface area contributed by atoms with Gasteiger partial charge in [0.2, 0.25) is 0 Å². The number of rotatable bonds is 2. The van der Waals surface area contributed by atoms with Gasteiger partial charge in [0.05, 0.1) is 0 Å². The third kappa shape index (κ3) is 2.84. The predicted octanol–water partition coefficient (Wildman–Crippen LogP) is 4.80. The van der Waals surface area contributed by atoms with E-state index >= 15 is 0 Å². The highest BCUT2D eigenvalue weighted by atomic mass is 32.1. The van der Waals surface area contributed by atoms with Gasteiger partial charge in [-0.3, -0.25) is 4.79 Å². The number of nitrogens with one attached hydrogen (secondary N) is 1. The van der Waals surface area contributed by atoms with E-state index in [9.17, 15) is 4.79 Å². The second-order valence-corrected chi connectivity index (χ2v) is 7.87. The van der Waals surface area contributed by atoms with Crippen molar-refractivity contribution in [2.75, 3.05) is 6.54 Å². The molecular formula is C22H19N3OS. The van der Waals surface area contributed by atoms with E-state index in [1.807, 2.05) is 22.4 Å². The Balaban J connectivity index is 1.41. The molecule has 0 fully saturated rings. The van der Waals surface area contributed by atoms with Crippen LogP contribution in [-0.2, 0) is 13.0 Å². The lowest BCUT2D eigenvalue weighted by atomic mass is 10.0. The maximum atomic E-state index is 13.0. The quantitative estimate of drug-likeness (QED) is 0.549. The summed E-state index contributed by atoms with van der Waals surface area (Å²) in [7, 11) is 0. The summed E-state index contributed by atoms with van der Waals surface area (Å²) in [6.45, 7) is 3.42. The molecule has 134 valence electrons. The summed E-state index contributed by atoms with van der Waals surface area (Å²) in [4.78, 5) is 23.0. The number of hydrogen-bond donors (Lipinski definition) is 1. The first-order valence-electron chi connectivity index (χ1n) is 9.09. The van der Waals surface area contributed by atoms with E-state index in [2.05, 4.69) is 53.3 Å². The number of aryl methyl sites for hydroxylation is 1. The monoisotopic (exact) mass is 373 g/mol. The van der Waals surface area contributed by atoms with Crippen LogP contribution in [0.5, 0.6) is 0 Å². The molecule has 5 rings (SSSR count). The van der Waals surface area contributed by atoms with Crippen LogP contribution in [0.15, 0.2) is 53.9 Å². The number of fused-ring (bicyclic) bond motifs is 3. The van der Waals surface area contributed by atoms with Crippen LogP contribution in [0, 0.1) is 6.92 Å². The average molecular weight is 373 g/mol. The smallest absolute Gasteiger partial charge is 0.273 e. The Bertz CT molecular complexity index is 1140. The lowest BCUT2D eigenvalue weighted by molar-refractivity contribution is 0.0730. The van der Waals surface area contributed by atoms with Crippen molar-refractivity contribution in [2.24, 2.45) is 0 Å². The van der Waals surface area contributed by atoms with E-state index in [1.54, 1.807) is 0 Å². The molecule has 4 nitrogen and oxygen atoms in total. The molecule has 0 atom stereocenters. The lowest BCUT2D eigenvalue weighted by Gasteiger charge is -2.26. The number of amides is 1. The van der Waals surface area contributed by atoms with Crippen LogP contribution in [0.25, 0.3) is 21.5 Å². The first-order chi connectivity index (χ1) is 13.2. The highest BCUT2D eigenvalue weighted by molar-refractivity contribution is 7.13. The number of nitrogens with zero attached hydrogens (tertiary/aromatic N) is 2. The third-order valence-corrected chi connectivity index (χ3v) is 6.08. The number of H-pyrrole nitrogens is 1. The minimum atomic E-state index is 0.0144. The Morgan fingerprint density at radius 3 is 2.81 bits per heavy atom. The summed E-state index contributed by atoms with van der Waals surface area (Å²) in [6.07, 6.45) is 0.852. The van der Waals surface area contributed by atoms with Gasteiger partial charge in [0.15, 0.2) is 0 Å². The Morgan fingerprint density at radius 1 is 1.15 bits per heavy atom. The molecule has 0 aliphatic carbocycles. The Hall–Kier alpha value is -2.92. The number of carbonyl (C=O) groups is 1. The highest BCUT2D eigenvalue weighted by Crippen LogP contribution is 2.29. The average Bonchev–Trinajstić information content (AvgIpc) is 3.32. The Morgan fingerprint density at radius 2 is 1.96 bits per heavy atom. The molecule has 1 aliphatic heterocycles. The fourth-order valence-corrected chi connectivity index (χ4v) is 4.50. The predicted molar refractivity (Wildman–Crippen MR) is 109 cm³/mol. The summed E-state index contributed by atoms with van der Waals surface area (Å²) >= 11 is 1.53. The van der Waals surface area contributed by atoms with Gasteiger partial charge in [0, 0.05) is 52.6 Å². The fraction of sp³-hybridized carbons (Fsp3) is 0.182. The van der Waals surface area contributed by atoms with Crippen LogP contribution in [0.1, 0.15) is 27.3 Å². The van der Waals surface area contributed by atoms with E-state index in [0.717, 1.165) is 29.1 Å². The van der Waals surface area contributed by atoms with Crippen molar-refractivity contribution in [2.45, 2.75) is 19.9 Å². The summed E-state index contributed by atoms with van der Waals surface area (Å²) < 4.78 is 0. The Labute approximate surface area is 161 Å². The minimum absolute atomic E-state index is 0.0144. The number of aromatic amines is 1. The van der Waals surface area contributed by atoms with Crippen LogP contribution in [-0.4, -0.2) is 27.3 Å². The highest BCUT2D eigenvalue weighted by Gasteiger charge is 2.26. The molecule has 0 radical (unpaired) electrons. The van der Waals surface area contributed by atoms with Crippen molar-refractivity contribution >= 4 is 28.1 Å². The molecule has 5 heteroatoms. The molecule has 1 amide bonds. The van der Waals surface area contributed by atoms with Crippen LogP contribution >= 0.6 is 11.3 Å². The van der Waals surface area contributed by atoms with Crippen LogP contribution < -0.4 is 0 Å². The van der Waals surface area contributed by atoms with Crippen LogP contribution in [0.4, 0.5) is 0 Å². The molecule has 0 unspecified atom stereocenters. The van der Waals surface area contributed by atoms with E-state index in [1.165, 1.54) is 33.5 Å². The van der Waals surface area contributed by atoms with Gasteiger partial charge in [0.1, 0.15) is 10.7 Å². The standard InChI is InChI=1S/C22H19N3OS/c1-14-6-8-15(9-7-14)21-24-20(13-27-21)22(26)25-11-10-19-17(12-25)16-4-2-3-5-18(16)23-19/h2-9,13,23H,10-12H2,1H3. The minimum Gasteiger partial charge on any atom is -0.358 e. The maximum Gasteiger partial charge on any atom is 0.273 e. The van der Waals surface area contributed by atoms with E-state index in [-0.39, 0.29) is 5.91 Å². The number of benzene rings is 2. The van der Waals surface area contributed by atoms with Gasteiger partial charge in [0.25, 0.3) is 5.91 Å². The van der Waals surface area contributed by atoms with Crippen molar-refractivity contribution in [3.05, 3.63) is 76.4 Å². The number of carbonyl (C=O) groups excluding carboxylic acids is 1. The fourth-order valence-electron chi connectivity index (χ4n) is 3.70. The summed E-state index contributed by atoms with van der Waals surface area (Å²) in [6, 6.07) is 16.6. The van der Waals surface area contributed by atoms with Gasteiger partial charge in [-0.15, -0.1) is 11.3 Å². The largest absolute Gasteiger partial charge is 0.358 e. The number of hydrogen-bond acceptors (Lipinski definition) is 3. The number of para-hydroxylation sites is 1. The second-order valence-electron chi connectivity index (χ2n) is 7.01. The molecule has 1 aliphatic rings. The molecule has 2 aromatic carbocycles. The molecule has 0 bridgehead atoms. The summed E-state index contributed by atoms with van der Waals surface area (Å²) in [5, 5.41) is 3.98. The normalized spacial score (nSPS) is 13.7. The SMILES string of the molecule is Cc1ccc(-c2nc(C(=O)N3CCc4[nH]c5ccccc5c4C3)cs2)cc1. The van der Waals surface area contributed by atoms with Crippen molar-refractivity contribution in [3.8, 4) is 10.6 Å². The summed E-state index contributed by atoms with van der Waals surface area (Å²) in [5.74, 6) is 0.0144. The molecule has 0 spiro atoms. The number of thiazole rings is 1. The number of aromatic nitrogens is 2. The molecule has 0 saturated carbocycles. The van der Waals surface area contributed by atoms with Crippen molar-refractivity contribution in [1.82, 2.24) is 14.9 Å². The Kier molecular flexibility index (Phi) is 3.83. The summed E-state index contributed by atoms with van der Waals surface area (Å²) in [5.41, 5.74) is 6.45. The second kappa shape index (κ2) is 6.35. The molecular weight excluding hydrogens is 354 g/mol.